The molecule has 1 heterocycles. The van der Waals surface area contributed by atoms with Gasteiger partial charge in [-0.1, -0.05) is 30.3 Å². The summed E-state index contributed by atoms with van der Waals surface area (Å²) in [5.74, 6) is 1.50. The fraction of sp³-hybridized carbons (Fsp3) is 0.429. The second-order valence-electron chi connectivity index (χ2n) is 6.82. The lowest BCUT2D eigenvalue weighted by molar-refractivity contribution is -0.0358. The SMILES string of the molecule is COc1ccc([C@H](O)CN2CCC(O)(c3ccccc3OC)CC2)cc1. The van der Waals surface area contributed by atoms with Gasteiger partial charge in [0, 0.05) is 25.2 Å². The first-order valence-corrected chi connectivity index (χ1v) is 8.96. The van der Waals surface area contributed by atoms with E-state index in [2.05, 4.69) is 4.90 Å². The third-order valence-corrected chi connectivity index (χ3v) is 5.22. The smallest absolute Gasteiger partial charge is 0.124 e. The number of piperidine rings is 1. The fourth-order valence-electron chi connectivity index (χ4n) is 3.58. The molecule has 2 aromatic rings. The number of methoxy groups -OCH3 is 2. The molecule has 3 rings (SSSR count). The molecule has 1 aliphatic heterocycles. The monoisotopic (exact) mass is 357 g/mol. The van der Waals surface area contributed by atoms with E-state index in [0.29, 0.717) is 19.4 Å². The van der Waals surface area contributed by atoms with Crippen LogP contribution in [0.3, 0.4) is 0 Å². The number of aliphatic hydroxyl groups is 2. The van der Waals surface area contributed by atoms with Gasteiger partial charge in [0.1, 0.15) is 11.5 Å². The van der Waals surface area contributed by atoms with E-state index in [0.717, 1.165) is 35.7 Å². The van der Waals surface area contributed by atoms with Crippen LogP contribution in [0.5, 0.6) is 11.5 Å². The maximum absolute atomic E-state index is 11.1. The number of rotatable bonds is 6. The number of nitrogens with zero attached hydrogens (tertiary/aromatic N) is 1. The summed E-state index contributed by atoms with van der Waals surface area (Å²) in [6.07, 6.45) is 0.671. The van der Waals surface area contributed by atoms with Gasteiger partial charge in [0.25, 0.3) is 0 Å². The molecule has 2 aromatic carbocycles. The van der Waals surface area contributed by atoms with Crippen LogP contribution >= 0.6 is 0 Å². The summed E-state index contributed by atoms with van der Waals surface area (Å²) in [6.45, 7) is 2.00. The van der Waals surface area contributed by atoms with Gasteiger partial charge in [0.2, 0.25) is 0 Å². The number of benzene rings is 2. The van der Waals surface area contributed by atoms with Crippen LogP contribution in [0.25, 0.3) is 0 Å². The van der Waals surface area contributed by atoms with E-state index in [1.807, 2.05) is 48.5 Å². The van der Waals surface area contributed by atoms with Crippen LogP contribution in [0.1, 0.15) is 30.1 Å². The minimum absolute atomic E-state index is 0.550. The molecule has 1 fully saturated rings. The fourth-order valence-corrected chi connectivity index (χ4v) is 3.58. The molecule has 0 amide bonds. The summed E-state index contributed by atoms with van der Waals surface area (Å²) >= 11 is 0. The van der Waals surface area contributed by atoms with Crippen LogP contribution in [-0.4, -0.2) is 49.0 Å². The Bertz CT molecular complexity index is 708. The van der Waals surface area contributed by atoms with E-state index in [1.165, 1.54) is 0 Å². The lowest BCUT2D eigenvalue weighted by Crippen LogP contribution is -2.44. The first-order valence-electron chi connectivity index (χ1n) is 8.96. The summed E-state index contributed by atoms with van der Waals surface area (Å²) in [5, 5.41) is 21.6. The maximum Gasteiger partial charge on any atom is 0.124 e. The van der Waals surface area contributed by atoms with Gasteiger partial charge in [-0.3, -0.25) is 0 Å². The van der Waals surface area contributed by atoms with Crippen molar-refractivity contribution in [1.82, 2.24) is 4.90 Å². The Kier molecular flexibility index (Phi) is 5.81. The number of hydrogen-bond donors (Lipinski definition) is 2. The molecule has 0 bridgehead atoms. The van der Waals surface area contributed by atoms with Gasteiger partial charge < -0.3 is 24.6 Å². The van der Waals surface area contributed by atoms with Gasteiger partial charge in [-0.25, -0.2) is 0 Å². The number of para-hydroxylation sites is 1. The predicted molar refractivity (Wildman–Crippen MR) is 101 cm³/mol. The molecular formula is C21H27NO4. The molecule has 140 valence electrons. The van der Waals surface area contributed by atoms with Gasteiger partial charge in [-0.15, -0.1) is 0 Å². The summed E-state index contributed by atoms with van der Waals surface area (Å²) < 4.78 is 10.6. The molecule has 2 N–H and O–H groups in total. The van der Waals surface area contributed by atoms with E-state index in [1.54, 1.807) is 14.2 Å². The van der Waals surface area contributed by atoms with Crippen LogP contribution in [0.15, 0.2) is 48.5 Å². The number of hydrogen-bond acceptors (Lipinski definition) is 5. The maximum atomic E-state index is 11.1. The summed E-state index contributed by atoms with van der Waals surface area (Å²) in [4.78, 5) is 2.19. The first-order chi connectivity index (χ1) is 12.6. The van der Waals surface area contributed by atoms with Crippen LogP contribution in [0.4, 0.5) is 0 Å². The van der Waals surface area contributed by atoms with Crippen molar-refractivity contribution in [3.8, 4) is 11.5 Å². The molecule has 1 saturated heterocycles. The standard InChI is InChI=1S/C21H27NO4/c1-25-17-9-7-16(8-10-17)19(23)15-22-13-11-21(24,12-14-22)18-5-3-4-6-20(18)26-2/h3-10,19,23-24H,11-15H2,1-2H3/t19-/m1/s1. The minimum atomic E-state index is -0.881. The second-order valence-corrected chi connectivity index (χ2v) is 6.82. The second kappa shape index (κ2) is 8.08. The number of likely N-dealkylation sites (tertiary alicyclic amines) is 1. The average Bonchev–Trinajstić information content (AvgIpc) is 2.70. The number of aliphatic hydroxyl groups excluding tert-OH is 1. The van der Waals surface area contributed by atoms with E-state index >= 15 is 0 Å². The van der Waals surface area contributed by atoms with E-state index in [4.69, 9.17) is 9.47 Å². The molecule has 0 aromatic heterocycles. The Balaban J connectivity index is 1.61. The summed E-state index contributed by atoms with van der Waals surface area (Å²) in [5.41, 5.74) is 0.836. The van der Waals surface area contributed by atoms with Crippen molar-refractivity contribution in [3.63, 3.8) is 0 Å². The Labute approximate surface area is 154 Å². The number of β-amino-alcohol motifs (C(OH)–C–C–N with tert-alkyl or cyclic N) is 1. The number of ether oxygens (including phenoxy) is 2. The highest BCUT2D eigenvalue weighted by Crippen LogP contribution is 2.38. The van der Waals surface area contributed by atoms with Crippen molar-refractivity contribution >= 4 is 0 Å². The molecule has 0 unspecified atom stereocenters. The highest BCUT2D eigenvalue weighted by atomic mass is 16.5. The molecule has 26 heavy (non-hydrogen) atoms. The molecule has 5 heteroatoms. The molecule has 1 aliphatic rings. The van der Waals surface area contributed by atoms with Gasteiger partial charge in [0.15, 0.2) is 0 Å². The first kappa shape index (κ1) is 18.7. The molecular weight excluding hydrogens is 330 g/mol. The van der Waals surface area contributed by atoms with Crippen molar-refractivity contribution in [1.29, 1.82) is 0 Å². The molecule has 0 saturated carbocycles. The zero-order valence-corrected chi connectivity index (χ0v) is 15.4. The van der Waals surface area contributed by atoms with Crippen LogP contribution in [0, 0.1) is 0 Å². The van der Waals surface area contributed by atoms with Gasteiger partial charge in [-0.05, 0) is 36.6 Å². The Morgan fingerprint density at radius 2 is 1.65 bits per heavy atom. The quantitative estimate of drug-likeness (QED) is 0.832. The molecule has 0 radical (unpaired) electrons. The van der Waals surface area contributed by atoms with Crippen LogP contribution < -0.4 is 9.47 Å². The van der Waals surface area contributed by atoms with Crippen LogP contribution in [-0.2, 0) is 5.60 Å². The molecule has 1 atom stereocenters. The lowest BCUT2D eigenvalue weighted by Gasteiger charge is -2.39. The average molecular weight is 357 g/mol. The Morgan fingerprint density at radius 1 is 1.00 bits per heavy atom. The van der Waals surface area contributed by atoms with Gasteiger partial charge >= 0.3 is 0 Å². The van der Waals surface area contributed by atoms with Crippen molar-refractivity contribution in [3.05, 3.63) is 59.7 Å². The Morgan fingerprint density at radius 3 is 2.27 bits per heavy atom. The van der Waals surface area contributed by atoms with Gasteiger partial charge in [-0.2, -0.15) is 0 Å². The van der Waals surface area contributed by atoms with Crippen LogP contribution in [0.2, 0.25) is 0 Å². The van der Waals surface area contributed by atoms with Crippen molar-refractivity contribution in [2.45, 2.75) is 24.5 Å². The third kappa shape index (κ3) is 4.01. The van der Waals surface area contributed by atoms with E-state index in [9.17, 15) is 10.2 Å². The zero-order valence-electron chi connectivity index (χ0n) is 15.4. The molecule has 0 aliphatic carbocycles. The van der Waals surface area contributed by atoms with Crippen molar-refractivity contribution in [2.24, 2.45) is 0 Å². The predicted octanol–water partition coefficient (Wildman–Crippen LogP) is 2.72. The summed E-state index contributed by atoms with van der Waals surface area (Å²) in [7, 11) is 3.25. The van der Waals surface area contributed by atoms with E-state index < -0.39 is 11.7 Å². The van der Waals surface area contributed by atoms with E-state index in [-0.39, 0.29) is 0 Å². The zero-order chi connectivity index (χ0) is 18.6. The molecule has 5 nitrogen and oxygen atoms in total. The highest BCUT2D eigenvalue weighted by Gasteiger charge is 2.36. The van der Waals surface area contributed by atoms with Crippen molar-refractivity contribution in [2.75, 3.05) is 33.9 Å². The highest BCUT2D eigenvalue weighted by molar-refractivity contribution is 5.38. The largest absolute Gasteiger partial charge is 0.497 e. The third-order valence-electron chi connectivity index (χ3n) is 5.22. The normalized spacial score (nSPS) is 18.3. The van der Waals surface area contributed by atoms with Crippen molar-refractivity contribution < 1.29 is 19.7 Å². The summed E-state index contributed by atoms with van der Waals surface area (Å²) in [6, 6.07) is 15.1. The molecule has 0 spiro atoms. The van der Waals surface area contributed by atoms with Gasteiger partial charge in [0.05, 0.1) is 25.9 Å². The topological polar surface area (TPSA) is 62.2 Å². The lowest BCUT2D eigenvalue weighted by atomic mass is 9.83. The minimum Gasteiger partial charge on any atom is -0.497 e. The Hall–Kier alpha value is -2.08.